The second-order valence-electron chi connectivity index (χ2n) is 3.65. The molecular formula is C12H10FNO3. The molecule has 0 radical (unpaired) electrons. The van der Waals surface area contributed by atoms with Crippen LogP contribution in [0, 0.1) is 5.82 Å². The Bertz CT molecular complexity index is 616. The van der Waals surface area contributed by atoms with Gasteiger partial charge in [0, 0.05) is 29.7 Å². The van der Waals surface area contributed by atoms with Crippen molar-refractivity contribution >= 4 is 23.2 Å². The number of fused-ring (bicyclic) bond motifs is 1. The minimum absolute atomic E-state index is 0.140. The third kappa shape index (κ3) is 1.69. The molecule has 1 aromatic carbocycles. The minimum Gasteiger partial charge on any atom is -0.465 e. The van der Waals surface area contributed by atoms with E-state index in [0.29, 0.717) is 22.8 Å². The van der Waals surface area contributed by atoms with Crippen molar-refractivity contribution in [1.82, 2.24) is 4.57 Å². The van der Waals surface area contributed by atoms with Crippen molar-refractivity contribution in [3.8, 4) is 0 Å². The second-order valence-corrected chi connectivity index (χ2v) is 3.65. The number of aromatic nitrogens is 1. The molecule has 0 aliphatic rings. The predicted octanol–water partition coefficient (Wildman–Crippen LogP) is 1.92. The highest BCUT2D eigenvalue weighted by molar-refractivity contribution is 6.01. The molecule has 0 bridgehead atoms. The number of aldehydes is 1. The molecule has 0 spiro atoms. The quantitative estimate of drug-likeness (QED) is 0.590. The van der Waals surface area contributed by atoms with Crippen molar-refractivity contribution in [2.75, 3.05) is 7.11 Å². The van der Waals surface area contributed by atoms with E-state index in [9.17, 15) is 14.0 Å². The molecule has 1 heterocycles. The fraction of sp³-hybridized carbons (Fsp3) is 0.167. The van der Waals surface area contributed by atoms with E-state index in [-0.39, 0.29) is 5.56 Å². The number of hydrogen-bond acceptors (Lipinski definition) is 3. The summed E-state index contributed by atoms with van der Waals surface area (Å²) >= 11 is 0. The summed E-state index contributed by atoms with van der Waals surface area (Å²) in [6.07, 6.45) is 2.23. The van der Waals surface area contributed by atoms with Crippen LogP contribution in [0.2, 0.25) is 0 Å². The third-order valence-electron chi connectivity index (χ3n) is 2.64. The Labute approximate surface area is 96.6 Å². The van der Waals surface area contributed by atoms with Gasteiger partial charge in [0.05, 0.1) is 12.7 Å². The monoisotopic (exact) mass is 235 g/mol. The number of halogens is 1. The van der Waals surface area contributed by atoms with Crippen LogP contribution in [0.3, 0.4) is 0 Å². The first-order valence-electron chi connectivity index (χ1n) is 4.90. The molecule has 0 fully saturated rings. The van der Waals surface area contributed by atoms with E-state index in [1.165, 1.54) is 19.2 Å². The standard InChI is InChI=1S/C12H10FNO3/c1-14-5-7(6-15)8-3-10(13)9(4-11(8)14)12(16)17-2/h3-6H,1-2H3. The minimum atomic E-state index is -0.738. The number of hydrogen-bond donors (Lipinski definition) is 0. The maximum Gasteiger partial charge on any atom is 0.340 e. The number of carbonyl (C=O) groups excluding carboxylic acids is 2. The van der Waals surface area contributed by atoms with Crippen LogP contribution in [0.15, 0.2) is 18.3 Å². The number of carbonyl (C=O) groups is 2. The van der Waals surface area contributed by atoms with Crippen LogP contribution in [0.5, 0.6) is 0 Å². The van der Waals surface area contributed by atoms with Gasteiger partial charge >= 0.3 is 5.97 Å². The van der Waals surface area contributed by atoms with Crippen LogP contribution in [-0.4, -0.2) is 23.9 Å². The van der Waals surface area contributed by atoms with Gasteiger partial charge in [-0.2, -0.15) is 0 Å². The SMILES string of the molecule is COC(=O)c1cc2c(cc1F)c(C=O)cn2C. The maximum atomic E-state index is 13.7. The molecule has 2 aromatic rings. The zero-order valence-corrected chi connectivity index (χ0v) is 9.36. The lowest BCUT2D eigenvalue weighted by molar-refractivity contribution is 0.0595. The van der Waals surface area contributed by atoms with E-state index < -0.39 is 11.8 Å². The largest absolute Gasteiger partial charge is 0.465 e. The van der Waals surface area contributed by atoms with Gasteiger partial charge in [0.15, 0.2) is 6.29 Å². The summed E-state index contributed by atoms with van der Waals surface area (Å²) in [5.74, 6) is -1.43. The normalized spacial score (nSPS) is 10.5. The van der Waals surface area contributed by atoms with Gasteiger partial charge in [-0.15, -0.1) is 0 Å². The summed E-state index contributed by atoms with van der Waals surface area (Å²) in [6.45, 7) is 0. The molecule has 4 nitrogen and oxygen atoms in total. The Hall–Kier alpha value is -2.17. The Morgan fingerprint density at radius 1 is 1.47 bits per heavy atom. The first-order valence-corrected chi connectivity index (χ1v) is 4.90. The molecule has 0 saturated carbocycles. The lowest BCUT2D eigenvalue weighted by Gasteiger charge is -2.03. The smallest absolute Gasteiger partial charge is 0.340 e. The average molecular weight is 235 g/mol. The van der Waals surface area contributed by atoms with Crippen molar-refractivity contribution < 1.29 is 18.7 Å². The first-order chi connectivity index (χ1) is 8.08. The van der Waals surface area contributed by atoms with Gasteiger partial charge in [0.25, 0.3) is 0 Å². The summed E-state index contributed by atoms with van der Waals surface area (Å²) in [5, 5.41) is 0.479. The molecule has 17 heavy (non-hydrogen) atoms. The van der Waals surface area contributed by atoms with Gasteiger partial charge in [0.2, 0.25) is 0 Å². The first kappa shape index (κ1) is 11.3. The molecule has 0 aliphatic heterocycles. The molecule has 0 atom stereocenters. The number of nitrogens with zero attached hydrogens (tertiary/aromatic N) is 1. The zero-order chi connectivity index (χ0) is 12.6. The van der Waals surface area contributed by atoms with E-state index in [1.807, 2.05) is 0 Å². The highest BCUT2D eigenvalue weighted by Gasteiger charge is 2.16. The third-order valence-corrected chi connectivity index (χ3v) is 2.64. The van der Waals surface area contributed by atoms with Crippen molar-refractivity contribution in [2.24, 2.45) is 7.05 Å². The Balaban J connectivity index is 2.77. The Morgan fingerprint density at radius 3 is 2.76 bits per heavy atom. The maximum absolute atomic E-state index is 13.7. The summed E-state index contributed by atoms with van der Waals surface area (Å²) in [7, 11) is 2.90. The van der Waals surface area contributed by atoms with Crippen LogP contribution in [0.1, 0.15) is 20.7 Å². The molecular weight excluding hydrogens is 225 g/mol. The highest BCUT2D eigenvalue weighted by atomic mass is 19.1. The number of rotatable bonds is 2. The van der Waals surface area contributed by atoms with Crippen LogP contribution in [0.4, 0.5) is 4.39 Å². The summed E-state index contributed by atoms with van der Waals surface area (Å²) in [4.78, 5) is 22.1. The van der Waals surface area contributed by atoms with E-state index in [1.54, 1.807) is 17.8 Å². The molecule has 1 aromatic heterocycles. The molecule has 0 unspecified atom stereocenters. The highest BCUT2D eigenvalue weighted by Crippen LogP contribution is 2.23. The summed E-state index contributed by atoms with van der Waals surface area (Å²) in [6, 6.07) is 2.55. The Morgan fingerprint density at radius 2 is 2.18 bits per heavy atom. The molecule has 88 valence electrons. The van der Waals surface area contributed by atoms with Crippen LogP contribution < -0.4 is 0 Å². The van der Waals surface area contributed by atoms with Crippen LogP contribution >= 0.6 is 0 Å². The number of benzene rings is 1. The number of methoxy groups -OCH3 is 1. The number of esters is 1. The molecule has 5 heteroatoms. The van der Waals surface area contributed by atoms with Crippen LogP contribution in [0.25, 0.3) is 10.9 Å². The number of ether oxygens (including phenoxy) is 1. The summed E-state index contributed by atoms with van der Waals surface area (Å²) in [5.41, 5.74) is 0.852. The molecule has 0 aliphatic carbocycles. The van der Waals surface area contributed by atoms with E-state index in [2.05, 4.69) is 4.74 Å². The van der Waals surface area contributed by atoms with Crippen molar-refractivity contribution in [2.45, 2.75) is 0 Å². The van der Waals surface area contributed by atoms with Crippen molar-refractivity contribution in [3.05, 3.63) is 35.3 Å². The zero-order valence-electron chi connectivity index (χ0n) is 9.36. The lowest BCUT2D eigenvalue weighted by atomic mass is 10.1. The lowest BCUT2D eigenvalue weighted by Crippen LogP contribution is -2.04. The second kappa shape index (κ2) is 4.01. The van der Waals surface area contributed by atoms with Crippen LogP contribution in [-0.2, 0) is 11.8 Å². The summed E-state index contributed by atoms with van der Waals surface area (Å²) < 4.78 is 19.8. The van der Waals surface area contributed by atoms with Gasteiger partial charge < -0.3 is 9.30 Å². The van der Waals surface area contributed by atoms with Gasteiger partial charge in [-0.3, -0.25) is 4.79 Å². The van der Waals surface area contributed by atoms with E-state index >= 15 is 0 Å². The van der Waals surface area contributed by atoms with Crippen molar-refractivity contribution in [3.63, 3.8) is 0 Å². The van der Waals surface area contributed by atoms with Gasteiger partial charge in [-0.05, 0) is 12.1 Å². The molecule has 2 rings (SSSR count). The number of aryl methyl sites for hydroxylation is 1. The van der Waals surface area contributed by atoms with Gasteiger partial charge in [-0.1, -0.05) is 0 Å². The molecule has 0 saturated heterocycles. The topological polar surface area (TPSA) is 48.3 Å². The van der Waals surface area contributed by atoms with Gasteiger partial charge in [-0.25, -0.2) is 9.18 Å². The molecule has 0 N–H and O–H groups in total. The van der Waals surface area contributed by atoms with E-state index in [0.717, 1.165) is 0 Å². The predicted molar refractivity (Wildman–Crippen MR) is 59.6 cm³/mol. The van der Waals surface area contributed by atoms with Crippen molar-refractivity contribution in [1.29, 1.82) is 0 Å². The van der Waals surface area contributed by atoms with E-state index in [4.69, 9.17) is 0 Å². The average Bonchev–Trinajstić information content (AvgIpc) is 2.63. The molecule has 0 amide bonds. The fourth-order valence-corrected chi connectivity index (χ4v) is 1.79. The fourth-order valence-electron chi connectivity index (χ4n) is 1.79. The van der Waals surface area contributed by atoms with Gasteiger partial charge in [0.1, 0.15) is 5.82 Å². The Kier molecular flexibility index (Phi) is 2.67.